The number of hydrogen-bond acceptors (Lipinski definition) is 5. The lowest BCUT2D eigenvalue weighted by Gasteiger charge is -2.37. The first-order chi connectivity index (χ1) is 11.3. The fourth-order valence-electron chi connectivity index (χ4n) is 3.42. The molecule has 2 heterocycles. The highest BCUT2D eigenvalue weighted by Gasteiger charge is 2.42. The van der Waals surface area contributed by atoms with E-state index in [4.69, 9.17) is 14.9 Å². The van der Waals surface area contributed by atoms with E-state index in [0.717, 1.165) is 5.57 Å². The molecule has 0 saturated heterocycles. The second kappa shape index (κ2) is 5.72. The van der Waals surface area contributed by atoms with E-state index in [9.17, 15) is 10.1 Å². The summed E-state index contributed by atoms with van der Waals surface area (Å²) in [7, 11) is 0. The molecule has 5 nitrogen and oxygen atoms in total. The molecule has 1 atom stereocenters. The standard InChI is InChI=1S/C19H20N2O3/c1-11(7-12-5-4-6-23-12)16-13(10-20)18(21)24-15-9-19(2,3)8-14(22)17(15)16/h4-7,16H,8-9,21H2,1-3H3/b11-7-/t16-/m0/s1. The van der Waals surface area contributed by atoms with Crippen molar-refractivity contribution in [1.29, 1.82) is 5.26 Å². The molecule has 0 saturated carbocycles. The Morgan fingerprint density at radius 2 is 2.21 bits per heavy atom. The van der Waals surface area contributed by atoms with Gasteiger partial charge >= 0.3 is 0 Å². The molecule has 0 radical (unpaired) electrons. The normalized spacial score (nSPS) is 23.7. The van der Waals surface area contributed by atoms with Crippen LogP contribution in [0.1, 0.15) is 39.4 Å². The lowest BCUT2D eigenvalue weighted by molar-refractivity contribution is -0.119. The SMILES string of the molecule is C/C(=C/c1ccco1)[C@H]1C(C#N)=C(N)OC2=C1C(=O)CC(C)(C)C2. The molecule has 1 aromatic heterocycles. The number of Topliss-reactive ketones (excluding diaryl/α,β-unsaturated/α-hetero) is 1. The van der Waals surface area contributed by atoms with Gasteiger partial charge in [0.1, 0.15) is 23.2 Å². The second-order valence-corrected chi connectivity index (χ2v) is 7.11. The van der Waals surface area contributed by atoms with Gasteiger partial charge in [0.25, 0.3) is 0 Å². The maximum atomic E-state index is 12.8. The van der Waals surface area contributed by atoms with Crippen LogP contribution in [-0.4, -0.2) is 5.78 Å². The topological polar surface area (TPSA) is 89.2 Å². The van der Waals surface area contributed by atoms with Gasteiger partial charge in [-0.05, 0) is 30.5 Å². The van der Waals surface area contributed by atoms with Gasteiger partial charge in [-0.3, -0.25) is 4.79 Å². The van der Waals surface area contributed by atoms with Crippen molar-refractivity contribution < 1.29 is 13.9 Å². The number of nitrogens with zero attached hydrogens (tertiary/aromatic N) is 1. The van der Waals surface area contributed by atoms with Crippen LogP contribution in [0.5, 0.6) is 0 Å². The maximum absolute atomic E-state index is 12.8. The van der Waals surface area contributed by atoms with E-state index in [1.807, 2.05) is 32.9 Å². The van der Waals surface area contributed by atoms with Crippen molar-refractivity contribution in [2.75, 3.05) is 0 Å². The van der Waals surface area contributed by atoms with Crippen LogP contribution in [0.15, 0.2) is 51.2 Å². The van der Waals surface area contributed by atoms with Crippen molar-refractivity contribution in [3.8, 4) is 6.07 Å². The summed E-state index contributed by atoms with van der Waals surface area (Å²) >= 11 is 0. The van der Waals surface area contributed by atoms with Gasteiger partial charge in [0.2, 0.25) is 5.88 Å². The number of nitrogens with two attached hydrogens (primary N) is 1. The summed E-state index contributed by atoms with van der Waals surface area (Å²) in [6.45, 7) is 5.93. The Morgan fingerprint density at radius 1 is 1.46 bits per heavy atom. The number of hydrogen-bond donors (Lipinski definition) is 1. The van der Waals surface area contributed by atoms with Gasteiger partial charge in [-0.15, -0.1) is 0 Å². The smallest absolute Gasteiger partial charge is 0.205 e. The zero-order valence-electron chi connectivity index (χ0n) is 14.1. The Hall–Kier alpha value is -2.74. The molecule has 0 amide bonds. The minimum Gasteiger partial charge on any atom is -0.465 e. The van der Waals surface area contributed by atoms with Gasteiger partial charge < -0.3 is 14.9 Å². The molecule has 24 heavy (non-hydrogen) atoms. The molecule has 1 aliphatic carbocycles. The van der Waals surface area contributed by atoms with Crippen molar-refractivity contribution in [3.05, 3.63) is 52.5 Å². The van der Waals surface area contributed by atoms with Gasteiger partial charge in [0, 0.05) is 18.4 Å². The van der Waals surface area contributed by atoms with Crippen LogP contribution >= 0.6 is 0 Å². The second-order valence-electron chi connectivity index (χ2n) is 7.11. The Labute approximate surface area is 141 Å². The fourth-order valence-corrected chi connectivity index (χ4v) is 3.42. The Kier molecular flexibility index (Phi) is 3.84. The van der Waals surface area contributed by atoms with Crippen molar-refractivity contribution in [3.63, 3.8) is 0 Å². The molecule has 5 heteroatoms. The number of carbonyl (C=O) groups is 1. The number of ketones is 1. The largest absolute Gasteiger partial charge is 0.465 e. The van der Waals surface area contributed by atoms with Gasteiger partial charge in [-0.1, -0.05) is 19.4 Å². The van der Waals surface area contributed by atoms with Gasteiger partial charge in [-0.2, -0.15) is 5.26 Å². The van der Waals surface area contributed by atoms with Crippen LogP contribution in [0.2, 0.25) is 0 Å². The van der Waals surface area contributed by atoms with Crippen LogP contribution < -0.4 is 5.73 Å². The monoisotopic (exact) mass is 324 g/mol. The van der Waals surface area contributed by atoms with Crippen LogP contribution in [0.4, 0.5) is 0 Å². The lowest BCUT2D eigenvalue weighted by Crippen LogP contribution is -2.34. The molecule has 1 aromatic rings. The molecule has 0 bridgehead atoms. The highest BCUT2D eigenvalue weighted by atomic mass is 16.5. The molecule has 124 valence electrons. The van der Waals surface area contributed by atoms with E-state index in [1.54, 1.807) is 12.3 Å². The summed E-state index contributed by atoms with van der Waals surface area (Å²) in [6.07, 6.45) is 4.46. The van der Waals surface area contributed by atoms with E-state index >= 15 is 0 Å². The van der Waals surface area contributed by atoms with Crippen LogP contribution in [0, 0.1) is 22.7 Å². The van der Waals surface area contributed by atoms with E-state index in [-0.39, 0.29) is 22.7 Å². The van der Waals surface area contributed by atoms with Crippen molar-refractivity contribution in [2.45, 2.75) is 33.6 Å². The molecule has 0 aromatic carbocycles. The van der Waals surface area contributed by atoms with E-state index in [2.05, 4.69) is 6.07 Å². The Balaban J connectivity index is 2.12. The first-order valence-corrected chi connectivity index (χ1v) is 7.88. The van der Waals surface area contributed by atoms with Crippen molar-refractivity contribution >= 4 is 11.9 Å². The summed E-state index contributed by atoms with van der Waals surface area (Å²) in [5, 5.41) is 9.53. The zero-order valence-corrected chi connectivity index (χ0v) is 14.1. The van der Waals surface area contributed by atoms with Gasteiger partial charge in [-0.25, -0.2) is 0 Å². The van der Waals surface area contributed by atoms with Crippen LogP contribution in [0.3, 0.4) is 0 Å². The highest BCUT2D eigenvalue weighted by molar-refractivity contribution is 5.99. The summed E-state index contributed by atoms with van der Waals surface area (Å²) in [4.78, 5) is 12.8. The number of nitriles is 1. The van der Waals surface area contributed by atoms with E-state index < -0.39 is 5.92 Å². The minimum atomic E-state index is -0.479. The summed E-state index contributed by atoms with van der Waals surface area (Å²) < 4.78 is 11.0. The molecule has 3 rings (SSSR count). The molecule has 1 aliphatic heterocycles. The number of ether oxygens (including phenoxy) is 1. The van der Waals surface area contributed by atoms with Crippen LogP contribution in [0.25, 0.3) is 6.08 Å². The molecule has 0 fully saturated rings. The molecule has 0 spiro atoms. The molecular weight excluding hydrogens is 304 g/mol. The van der Waals surface area contributed by atoms with E-state index in [1.165, 1.54) is 0 Å². The first-order valence-electron chi connectivity index (χ1n) is 7.88. The maximum Gasteiger partial charge on any atom is 0.205 e. The summed E-state index contributed by atoms with van der Waals surface area (Å²) in [5.74, 6) is 0.871. The lowest BCUT2D eigenvalue weighted by atomic mass is 9.70. The van der Waals surface area contributed by atoms with Gasteiger partial charge in [0.15, 0.2) is 5.78 Å². The van der Waals surface area contributed by atoms with Crippen LogP contribution in [-0.2, 0) is 9.53 Å². The number of allylic oxidation sites excluding steroid dienone is 4. The number of carbonyl (C=O) groups excluding carboxylic acids is 1. The third kappa shape index (κ3) is 2.76. The summed E-state index contributed by atoms with van der Waals surface area (Å²) in [6, 6.07) is 5.72. The predicted molar refractivity (Wildman–Crippen MR) is 88.8 cm³/mol. The molecule has 2 aliphatic rings. The average molecular weight is 324 g/mol. The van der Waals surface area contributed by atoms with E-state index in [0.29, 0.717) is 29.9 Å². The molecule has 2 N–H and O–H groups in total. The Morgan fingerprint density at radius 3 is 2.83 bits per heavy atom. The summed E-state index contributed by atoms with van der Waals surface area (Å²) in [5.41, 5.74) is 7.46. The predicted octanol–water partition coefficient (Wildman–Crippen LogP) is 3.67. The average Bonchev–Trinajstić information content (AvgIpc) is 2.97. The highest BCUT2D eigenvalue weighted by Crippen LogP contribution is 2.46. The molecular formula is C19H20N2O3. The fraction of sp³-hybridized carbons (Fsp3) is 0.368. The molecule has 0 unspecified atom stereocenters. The third-order valence-corrected chi connectivity index (χ3v) is 4.44. The van der Waals surface area contributed by atoms with Crippen molar-refractivity contribution in [2.24, 2.45) is 17.1 Å². The number of furan rings is 1. The number of rotatable bonds is 2. The quantitative estimate of drug-likeness (QED) is 0.896. The zero-order chi connectivity index (χ0) is 17.5. The minimum absolute atomic E-state index is 0.0127. The first kappa shape index (κ1) is 16.1. The van der Waals surface area contributed by atoms with Gasteiger partial charge in [0.05, 0.1) is 12.2 Å². The van der Waals surface area contributed by atoms with Crippen molar-refractivity contribution in [1.82, 2.24) is 0 Å². The Bertz CT molecular complexity index is 817. The third-order valence-electron chi connectivity index (χ3n) is 4.44.